The number of ketones is 1. The van der Waals surface area contributed by atoms with Crippen molar-refractivity contribution in [3.05, 3.63) is 51.7 Å². The van der Waals surface area contributed by atoms with Gasteiger partial charge in [0.05, 0.1) is 6.61 Å². The molecule has 2 heterocycles. The zero-order chi connectivity index (χ0) is 11.7. The fourth-order valence-corrected chi connectivity index (χ4v) is 2.70. The van der Waals surface area contributed by atoms with Crippen LogP contribution in [0.1, 0.15) is 27.9 Å². The van der Waals surface area contributed by atoms with E-state index >= 15 is 0 Å². The van der Waals surface area contributed by atoms with Gasteiger partial charge in [-0.05, 0) is 48.1 Å². The average Bonchev–Trinajstić information content (AvgIpc) is 2.91. The van der Waals surface area contributed by atoms with E-state index in [2.05, 4.69) is 0 Å². The molecular weight excluding hydrogens is 232 g/mol. The van der Waals surface area contributed by atoms with Crippen molar-refractivity contribution in [3.8, 4) is 5.75 Å². The van der Waals surface area contributed by atoms with Crippen LogP contribution in [0, 0.1) is 0 Å². The maximum absolute atomic E-state index is 12.2. The number of carbonyl (C=O) groups is 1. The first-order valence-electron chi connectivity index (χ1n) is 5.67. The second kappa shape index (κ2) is 4.34. The summed E-state index contributed by atoms with van der Waals surface area (Å²) in [5, 5.41) is 3.81. The highest BCUT2D eigenvalue weighted by molar-refractivity contribution is 7.08. The molecule has 1 aliphatic rings. The Morgan fingerprint density at radius 2 is 2.18 bits per heavy atom. The van der Waals surface area contributed by atoms with Gasteiger partial charge in [0.2, 0.25) is 0 Å². The van der Waals surface area contributed by atoms with Crippen molar-refractivity contribution >= 4 is 17.1 Å². The van der Waals surface area contributed by atoms with E-state index in [9.17, 15) is 4.79 Å². The van der Waals surface area contributed by atoms with Crippen molar-refractivity contribution in [1.82, 2.24) is 0 Å². The van der Waals surface area contributed by atoms with Crippen LogP contribution in [0.4, 0.5) is 0 Å². The quantitative estimate of drug-likeness (QED) is 0.758. The van der Waals surface area contributed by atoms with Gasteiger partial charge in [-0.1, -0.05) is 0 Å². The maximum atomic E-state index is 12.2. The van der Waals surface area contributed by atoms with Crippen LogP contribution in [-0.4, -0.2) is 12.4 Å². The first kappa shape index (κ1) is 10.5. The van der Waals surface area contributed by atoms with E-state index in [1.54, 1.807) is 11.3 Å². The molecule has 0 saturated carbocycles. The average molecular weight is 244 g/mol. The van der Waals surface area contributed by atoms with Gasteiger partial charge in [-0.2, -0.15) is 11.3 Å². The molecule has 0 N–H and O–H groups in total. The number of rotatable bonds is 2. The van der Waals surface area contributed by atoms with Crippen molar-refractivity contribution in [2.24, 2.45) is 0 Å². The predicted molar refractivity (Wildman–Crippen MR) is 68.0 cm³/mol. The SMILES string of the molecule is O=C(c1ccsc1)c1ccc2c(c1)CCCO2. The van der Waals surface area contributed by atoms with E-state index in [1.165, 1.54) is 0 Å². The number of benzene rings is 1. The minimum atomic E-state index is 0.0969. The van der Waals surface area contributed by atoms with E-state index < -0.39 is 0 Å². The summed E-state index contributed by atoms with van der Waals surface area (Å²) in [5.41, 5.74) is 2.68. The molecule has 86 valence electrons. The summed E-state index contributed by atoms with van der Waals surface area (Å²) in [6.45, 7) is 0.783. The highest BCUT2D eigenvalue weighted by Crippen LogP contribution is 2.26. The second-order valence-corrected chi connectivity index (χ2v) is 4.90. The van der Waals surface area contributed by atoms with Gasteiger partial charge in [0, 0.05) is 16.5 Å². The molecule has 3 heteroatoms. The summed E-state index contributed by atoms with van der Waals surface area (Å²) in [6, 6.07) is 7.59. The summed E-state index contributed by atoms with van der Waals surface area (Å²) in [6.07, 6.45) is 2.03. The lowest BCUT2D eigenvalue weighted by Crippen LogP contribution is -2.09. The zero-order valence-electron chi connectivity index (χ0n) is 9.31. The van der Waals surface area contributed by atoms with E-state index in [1.807, 2.05) is 35.0 Å². The Morgan fingerprint density at radius 1 is 1.24 bits per heavy atom. The third kappa shape index (κ3) is 1.98. The Bertz CT molecular complexity index is 543. The van der Waals surface area contributed by atoms with Gasteiger partial charge in [0.15, 0.2) is 5.78 Å². The monoisotopic (exact) mass is 244 g/mol. The predicted octanol–water partition coefficient (Wildman–Crippen LogP) is 3.30. The highest BCUT2D eigenvalue weighted by Gasteiger charge is 2.14. The molecule has 0 atom stereocenters. The fourth-order valence-electron chi connectivity index (χ4n) is 2.06. The van der Waals surface area contributed by atoms with Crippen LogP contribution in [0.15, 0.2) is 35.0 Å². The summed E-state index contributed by atoms with van der Waals surface area (Å²) < 4.78 is 5.54. The lowest BCUT2D eigenvalue weighted by atomic mass is 9.99. The Hall–Kier alpha value is -1.61. The highest BCUT2D eigenvalue weighted by atomic mass is 32.1. The van der Waals surface area contributed by atoms with Gasteiger partial charge in [-0.15, -0.1) is 0 Å². The molecule has 0 fully saturated rings. The van der Waals surface area contributed by atoms with Crippen LogP contribution in [0.3, 0.4) is 0 Å². The summed E-state index contributed by atoms with van der Waals surface area (Å²) in [5.74, 6) is 1.03. The van der Waals surface area contributed by atoms with Crippen molar-refractivity contribution in [1.29, 1.82) is 0 Å². The molecule has 2 aromatic rings. The summed E-state index contributed by atoms with van der Waals surface area (Å²) >= 11 is 1.55. The van der Waals surface area contributed by atoms with Gasteiger partial charge >= 0.3 is 0 Å². The Labute approximate surface area is 104 Å². The molecule has 3 rings (SSSR count). The van der Waals surface area contributed by atoms with Crippen molar-refractivity contribution in [2.75, 3.05) is 6.61 Å². The number of carbonyl (C=O) groups excluding carboxylic acids is 1. The molecule has 0 radical (unpaired) electrons. The molecule has 0 bridgehead atoms. The third-order valence-corrected chi connectivity index (χ3v) is 3.64. The van der Waals surface area contributed by atoms with Gasteiger partial charge in [0.25, 0.3) is 0 Å². The summed E-state index contributed by atoms with van der Waals surface area (Å²) in [7, 11) is 0. The van der Waals surface area contributed by atoms with E-state index in [4.69, 9.17) is 4.74 Å². The fraction of sp³-hybridized carbons (Fsp3) is 0.214. The Morgan fingerprint density at radius 3 is 3.00 bits per heavy atom. The molecule has 0 spiro atoms. The third-order valence-electron chi connectivity index (χ3n) is 2.95. The largest absolute Gasteiger partial charge is 0.493 e. The van der Waals surface area contributed by atoms with E-state index in [-0.39, 0.29) is 5.78 Å². The molecule has 0 amide bonds. The van der Waals surface area contributed by atoms with Gasteiger partial charge < -0.3 is 4.74 Å². The Balaban J connectivity index is 1.96. The molecule has 1 aliphatic heterocycles. The second-order valence-electron chi connectivity index (χ2n) is 4.12. The lowest BCUT2D eigenvalue weighted by Gasteiger charge is -2.17. The van der Waals surface area contributed by atoms with Crippen molar-refractivity contribution in [3.63, 3.8) is 0 Å². The van der Waals surface area contributed by atoms with Crippen molar-refractivity contribution in [2.45, 2.75) is 12.8 Å². The number of fused-ring (bicyclic) bond motifs is 1. The summed E-state index contributed by atoms with van der Waals surface area (Å²) in [4.78, 5) is 12.2. The number of hydrogen-bond acceptors (Lipinski definition) is 3. The van der Waals surface area contributed by atoms with Gasteiger partial charge in [-0.25, -0.2) is 0 Å². The van der Waals surface area contributed by atoms with Crippen molar-refractivity contribution < 1.29 is 9.53 Å². The van der Waals surface area contributed by atoms with Crippen LogP contribution in [0.25, 0.3) is 0 Å². The van der Waals surface area contributed by atoms with Crippen LogP contribution < -0.4 is 4.74 Å². The zero-order valence-corrected chi connectivity index (χ0v) is 10.1. The topological polar surface area (TPSA) is 26.3 Å². The molecule has 0 unspecified atom stereocenters. The molecule has 2 nitrogen and oxygen atoms in total. The minimum Gasteiger partial charge on any atom is -0.493 e. The smallest absolute Gasteiger partial charge is 0.193 e. The lowest BCUT2D eigenvalue weighted by molar-refractivity contribution is 0.103. The number of thiophene rings is 1. The van der Waals surface area contributed by atoms with Gasteiger partial charge in [0.1, 0.15) is 5.75 Å². The molecule has 17 heavy (non-hydrogen) atoms. The maximum Gasteiger partial charge on any atom is 0.193 e. The van der Waals surface area contributed by atoms with E-state index in [0.29, 0.717) is 0 Å². The first-order valence-corrected chi connectivity index (χ1v) is 6.61. The first-order chi connectivity index (χ1) is 8.34. The molecule has 0 aliphatic carbocycles. The van der Waals surface area contributed by atoms with Crippen LogP contribution >= 0.6 is 11.3 Å². The minimum absolute atomic E-state index is 0.0969. The number of aryl methyl sites for hydroxylation is 1. The standard InChI is InChI=1S/C14H12O2S/c15-14(12-5-7-17-9-12)11-3-4-13-10(8-11)2-1-6-16-13/h3-5,7-9H,1-2,6H2. The van der Waals surface area contributed by atoms with E-state index in [0.717, 1.165) is 41.9 Å². The number of hydrogen-bond donors (Lipinski definition) is 0. The molecule has 0 saturated heterocycles. The van der Waals surface area contributed by atoms with Crippen LogP contribution in [0.5, 0.6) is 5.75 Å². The van der Waals surface area contributed by atoms with Crippen LogP contribution in [0.2, 0.25) is 0 Å². The molecule has 1 aromatic heterocycles. The van der Waals surface area contributed by atoms with Gasteiger partial charge in [-0.3, -0.25) is 4.79 Å². The normalized spacial score (nSPS) is 13.9. The molecular formula is C14H12O2S. The number of ether oxygens (including phenoxy) is 1. The Kier molecular flexibility index (Phi) is 2.69. The molecule has 1 aromatic carbocycles. The van der Waals surface area contributed by atoms with Crippen LogP contribution in [-0.2, 0) is 6.42 Å².